The lowest BCUT2D eigenvalue weighted by Gasteiger charge is -2.10. The lowest BCUT2D eigenvalue weighted by atomic mass is 10.1. The van der Waals surface area contributed by atoms with Crippen molar-refractivity contribution in [1.29, 1.82) is 0 Å². The minimum Gasteiger partial charge on any atom is -0.494 e. The summed E-state index contributed by atoms with van der Waals surface area (Å²) in [4.78, 5) is 0. The monoisotopic (exact) mass is 293 g/mol. The molecule has 0 saturated heterocycles. The molecule has 0 heterocycles. The third-order valence-electron chi connectivity index (χ3n) is 2.49. The maximum atomic E-state index is 5.55. The van der Waals surface area contributed by atoms with Crippen LogP contribution >= 0.6 is 12.2 Å². The van der Waals surface area contributed by atoms with E-state index < -0.39 is 0 Å². The lowest BCUT2D eigenvalue weighted by Crippen LogP contribution is -2.37. The van der Waals surface area contributed by atoms with Gasteiger partial charge in [-0.2, -0.15) is 5.10 Å². The zero-order chi connectivity index (χ0) is 15.0. The fourth-order valence-electron chi connectivity index (χ4n) is 1.51. The van der Waals surface area contributed by atoms with Gasteiger partial charge in [-0.1, -0.05) is 6.92 Å². The van der Waals surface area contributed by atoms with Crippen molar-refractivity contribution in [3.63, 3.8) is 0 Å². The van der Waals surface area contributed by atoms with Crippen LogP contribution in [0.3, 0.4) is 0 Å². The topological polar surface area (TPSA) is 45.6 Å². The van der Waals surface area contributed by atoms with Gasteiger partial charge in [0.25, 0.3) is 0 Å². The van der Waals surface area contributed by atoms with Crippen LogP contribution in [-0.2, 0) is 0 Å². The van der Waals surface area contributed by atoms with E-state index in [1.165, 1.54) is 0 Å². The molecule has 0 aliphatic rings. The van der Waals surface area contributed by atoms with Gasteiger partial charge in [0.15, 0.2) is 5.11 Å². The molecular weight excluding hydrogens is 270 g/mol. The van der Waals surface area contributed by atoms with Crippen LogP contribution in [0.5, 0.6) is 5.75 Å². The molecule has 0 aromatic heterocycles. The number of nitrogens with one attached hydrogen (secondary N) is 2. The summed E-state index contributed by atoms with van der Waals surface area (Å²) in [5.74, 6) is 0.883. The SMILES string of the molecule is CCCOc1ccc(/C(C)=N/NC(=S)NC(C)C)cc1. The summed E-state index contributed by atoms with van der Waals surface area (Å²) in [7, 11) is 0. The van der Waals surface area contributed by atoms with Crippen LogP contribution in [-0.4, -0.2) is 23.5 Å². The van der Waals surface area contributed by atoms with Crippen LogP contribution in [0, 0.1) is 0 Å². The Morgan fingerprint density at radius 3 is 2.50 bits per heavy atom. The van der Waals surface area contributed by atoms with E-state index in [0.29, 0.717) is 11.2 Å². The fourth-order valence-corrected chi connectivity index (χ4v) is 1.79. The summed E-state index contributed by atoms with van der Waals surface area (Å²) in [5.41, 5.74) is 4.75. The average Bonchev–Trinajstić information content (AvgIpc) is 2.42. The second-order valence-electron chi connectivity index (χ2n) is 4.81. The zero-order valence-corrected chi connectivity index (χ0v) is 13.4. The van der Waals surface area contributed by atoms with E-state index in [1.54, 1.807) is 0 Å². The number of hydrazone groups is 1. The number of thiocarbonyl (C=S) groups is 1. The summed E-state index contributed by atoms with van der Waals surface area (Å²) >= 11 is 5.12. The van der Waals surface area contributed by atoms with Crippen molar-refractivity contribution in [3.8, 4) is 5.75 Å². The predicted octanol–water partition coefficient (Wildman–Crippen LogP) is 3.07. The van der Waals surface area contributed by atoms with Gasteiger partial charge in [0.1, 0.15) is 5.75 Å². The molecule has 0 bridgehead atoms. The zero-order valence-electron chi connectivity index (χ0n) is 12.6. The van der Waals surface area contributed by atoms with Gasteiger partial charge in [-0.25, -0.2) is 0 Å². The van der Waals surface area contributed by atoms with Gasteiger partial charge < -0.3 is 10.1 Å². The van der Waals surface area contributed by atoms with Crippen molar-refractivity contribution >= 4 is 23.0 Å². The fraction of sp³-hybridized carbons (Fsp3) is 0.467. The maximum Gasteiger partial charge on any atom is 0.187 e. The molecule has 0 fully saturated rings. The van der Waals surface area contributed by atoms with Crippen molar-refractivity contribution in [3.05, 3.63) is 29.8 Å². The molecule has 5 heteroatoms. The minimum atomic E-state index is 0.292. The molecule has 20 heavy (non-hydrogen) atoms. The summed E-state index contributed by atoms with van der Waals surface area (Å²) in [5, 5.41) is 7.87. The molecule has 0 saturated carbocycles. The third kappa shape index (κ3) is 6.02. The Hall–Kier alpha value is -1.62. The molecule has 0 aliphatic carbocycles. The Kier molecular flexibility index (Phi) is 7.01. The molecule has 0 radical (unpaired) electrons. The summed E-state index contributed by atoms with van der Waals surface area (Å²) in [6, 6.07) is 8.18. The summed E-state index contributed by atoms with van der Waals surface area (Å²) < 4.78 is 5.55. The summed E-state index contributed by atoms with van der Waals surface area (Å²) in [6.45, 7) is 8.82. The van der Waals surface area contributed by atoms with E-state index in [9.17, 15) is 0 Å². The number of nitrogens with zero attached hydrogens (tertiary/aromatic N) is 1. The van der Waals surface area contributed by atoms with Gasteiger partial charge in [0, 0.05) is 6.04 Å². The van der Waals surface area contributed by atoms with Crippen molar-refractivity contribution in [2.75, 3.05) is 6.61 Å². The molecule has 0 atom stereocenters. The molecule has 1 aromatic rings. The second-order valence-corrected chi connectivity index (χ2v) is 5.22. The first kappa shape index (κ1) is 16.4. The Morgan fingerprint density at radius 2 is 1.95 bits per heavy atom. The standard InChI is InChI=1S/C15H23N3OS/c1-5-10-19-14-8-6-13(7-9-14)12(4)17-18-15(20)16-11(2)3/h6-9,11H,5,10H2,1-4H3,(H2,16,18,20)/b17-12+. The number of benzene rings is 1. The van der Waals surface area contributed by atoms with E-state index in [2.05, 4.69) is 22.8 Å². The van der Waals surface area contributed by atoms with Gasteiger partial charge in [0.2, 0.25) is 0 Å². The lowest BCUT2D eigenvalue weighted by molar-refractivity contribution is 0.317. The average molecular weight is 293 g/mol. The first-order valence-corrected chi connectivity index (χ1v) is 7.27. The molecule has 1 rings (SSSR count). The Balaban J connectivity index is 2.58. The predicted molar refractivity (Wildman–Crippen MR) is 88.4 cm³/mol. The highest BCUT2D eigenvalue weighted by atomic mass is 32.1. The Morgan fingerprint density at radius 1 is 1.30 bits per heavy atom. The molecule has 0 amide bonds. The Labute approximate surface area is 126 Å². The molecule has 2 N–H and O–H groups in total. The van der Waals surface area contributed by atoms with Crippen LogP contribution < -0.4 is 15.5 Å². The number of hydrogen-bond donors (Lipinski definition) is 2. The van der Waals surface area contributed by atoms with Crippen LogP contribution in [0.25, 0.3) is 0 Å². The first-order chi connectivity index (χ1) is 9.52. The van der Waals surface area contributed by atoms with Crippen molar-refractivity contribution in [2.24, 2.45) is 5.10 Å². The van der Waals surface area contributed by atoms with Gasteiger partial charge >= 0.3 is 0 Å². The highest BCUT2D eigenvalue weighted by Gasteiger charge is 2.00. The van der Waals surface area contributed by atoms with E-state index in [0.717, 1.165) is 30.1 Å². The van der Waals surface area contributed by atoms with Crippen LogP contribution in [0.15, 0.2) is 29.4 Å². The van der Waals surface area contributed by atoms with Crippen LogP contribution in [0.2, 0.25) is 0 Å². The smallest absolute Gasteiger partial charge is 0.187 e. The molecule has 1 aromatic carbocycles. The molecule has 0 aliphatic heterocycles. The largest absolute Gasteiger partial charge is 0.494 e. The van der Waals surface area contributed by atoms with Gasteiger partial charge in [-0.05, 0) is 69.2 Å². The summed E-state index contributed by atoms with van der Waals surface area (Å²) in [6.07, 6.45) is 1.01. The third-order valence-corrected chi connectivity index (χ3v) is 2.70. The molecule has 4 nitrogen and oxygen atoms in total. The van der Waals surface area contributed by atoms with E-state index in [-0.39, 0.29) is 0 Å². The van der Waals surface area contributed by atoms with Crippen molar-refractivity contribution < 1.29 is 4.74 Å². The molecular formula is C15H23N3OS. The van der Waals surface area contributed by atoms with E-state index >= 15 is 0 Å². The highest BCUT2D eigenvalue weighted by Crippen LogP contribution is 2.13. The van der Waals surface area contributed by atoms with Crippen molar-refractivity contribution in [1.82, 2.24) is 10.7 Å². The maximum absolute atomic E-state index is 5.55. The normalized spacial score (nSPS) is 11.3. The van der Waals surface area contributed by atoms with Gasteiger partial charge in [-0.15, -0.1) is 0 Å². The van der Waals surface area contributed by atoms with E-state index in [1.807, 2.05) is 45.0 Å². The van der Waals surface area contributed by atoms with Crippen LogP contribution in [0.4, 0.5) is 0 Å². The van der Waals surface area contributed by atoms with Gasteiger partial charge in [0.05, 0.1) is 12.3 Å². The van der Waals surface area contributed by atoms with Crippen molar-refractivity contribution in [2.45, 2.75) is 40.2 Å². The first-order valence-electron chi connectivity index (χ1n) is 6.87. The van der Waals surface area contributed by atoms with Crippen LogP contribution in [0.1, 0.15) is 39.7 Å². The molecule has 0 spiro atoms. The minimum absolute atomic E-state index is 0.292. The highest BCUT2D eigenvalue weighted by molar-refractivity contribution is 7.80. The Bertz CT molecular complexity index is 455. The molecule has 110 valence electrons. The number of ether oxygens (including phenoxy) is 1. The molecule has 0 unspecified atom stereocenters. The quantitative estimate of drug-likeness (QED) is 0.481. The second kappa shape index (κ2) is 8.53. The van der Waals surface area contributed by atoms with Gasteiger partial charge in [-0.3, -0.25) is 5.43 Å². The number of hydrogen-bond acceptors (Lipinski definition) is 3. The number of rotatable bonds is 6. The van der Waals surface area contributed by atoms with E-state index in [4.69, 9.17) is 17.0 Å².